The lowest BCUT2D eigenvalue weighted by Crippen LogP contribution is -2.12. The molecule has 2 heterocycles. The van der Waals surface area contributed by atoms with Crippen LogP contribution in [0.2, 0.25) is 0 Å². The number of rotatable bonds is 3. The van der Waals surface area contributed by atoms with Crippen LogP contribution in [0.25, 0.3) is 16.8 Å². The average molecular weight is 377 g/mol. The van der Waals surface area contributed by atoms with Crippen molar-refractivity contribution in [3.63, 3.8) is 0 Å². The van der Waals surface area contributed by atoms with Crippen LogP contribution in [0.15, 0.2) is 41.0 Å². The van der Waals surface area contributed by atoms with E-state index in [2.05, 4.69) is 21.0 Å². The van der Waals surface area contributed by atoms with Crippen LogP contribution < -0.4 is 0 Å². The van der Waals surface area contributed by atoms with Crippen LogP contribution in [-0.2, 0) is 0 Å². The van der Waals surface area contributed by atoms with E-state index in [4.69, 9.17) is 0 Å². The Kier molecular flexibility index (Phi) is 3.93. The van der Waals surface area contributed by atoms with Crippen LogP contribution >= 0.6 is 15.9 Å². The molecule has 3 aromatic rings. The maximum Gasteiger partial charge on any atom is 0.338 e. The molecule has 3 rings (SSSR count). The third kappa shape index (κ3) is 2.63. The molecule has 23 heavy (non-hydrogen) atoms. The number of nitrogens with zero attached hydrogens (tertiary/aromatic N) is 2. The first-order chi connectivity index (χ1) is 10.9. The Morgan fingerprint density at radius 2 is 1.87 bits per heavy atom. The highest BCUT2D eigenvalue weighted by Crippen LogP contribution is 2.33. The van der Waals surface area contributed by atoms with Gasteiger partial charge in [-0.2, -0.15) is 5.10 Å². The van der Waals surface area contributed by atoms with Crippen LogP contribution in [0.5, 0.6) is 0 Å². The predicted octanol–water partition coefficient (Wildman–Crippen LogP) is 4.72. The number of carbonyl (C=O) groups is 1. The minimum atomic E-state index is -1.04. The summed E-state index contributed by atoms with van der Waals surface area (Å²) in [7, 11) is 0. The van der Waals surface area contributed by atoms with Crippen LogP contribution in [0.1, 0.15) is 35.7 Å². The third-order valence-corrected chi connectivity index (χ3v) is 4.30. The van der Waals surface area contributed by atoms with Crippen molar-refractivity contribution in [2.24, 2.45) is 0 Å². The minimum absolute atomic E-state index is 0.00685. The van der Waals surface area contributed by atoms with Gasteiger partial charge >= 0.3 is 5.97 Å². The number of hydrogen-bond acceptors (Lipinski definition) is 2. The molecule has 0 fully saturated rings. The minimum Gasteiger partial charge on any atom is -0.478 e. The molecule has 0 aliphatic carbocycles. The van der Waals surface area contributed by atoms with Gasteiger partial charge in [0.25, 0.3) is 0 Å². The highest BCUT2D eigenvalue weighted by Gasteiger charge is 2.24. The van der Waals surface area contributed by atoms with Gasteiger partial charge in [-0.3, -0.25) is 0 Å². The first kappa shape index (κ1) is 15.7. The molecule has 0 radical (unpaired) electrons. The van der Waals surface area contributed by atoms with Crippen LogP contribution in [0, 0.1) is 5.82 Å². The summed E-state index contributed by atoms with van der Waals surface area (Å²) in [6, 6.07) is 9.34. The van der Waals surface area contributed by atoms with Crippen molar-refractivity contribution >= 4 is 27.4 Å². The van der Waals surface area contributed by atoms with E-state index in [9.17, 15) is 14.3 Å². The molecule has 0 aliphatic heterocycles. The molecule has 1 aromatic carbocycles. The lowest BCUT2D eigenvalue weighted by Gasteiger charge is -2.16. The second-order valence-corrected chi connectivity index (χ2v) is 6.37. The smallest absolute Gasteiger partial charge is 0.338 e. The molecule has 118 valence electrons. The molecule has 4 nitrogen and oxygen atoms in total. The van der Waals surface area contributed by atoms with Crippen molar-refractivity contribution < 1.29 is 14.3 Å². The number of halogens is 2. The predicted molar refractivity (Wildman–Crippen MR) is 89.3 cm³/mol. The summed E-state index contributed by atoms with van der Waals surface area (Å²) in [6.45, 7) is 3.88. The lowest BCUT2D eigenvalue weighted by molar-refractivity contribution is 0.0695. The first-order valence-corrected chi connectivity index (χ1v) is 7.89. The Labute approximate surface area is 140 Å². The van der Waals surface area contributed by atoms with Gasteiger partial charge in [0.05, 0.1) is 11.1 Å². The fraction of sp³-hybridized carbons (Fsp3) is 0.176. The maximum absolute atomic E-state index is 13.2. The van der Waals surface area contributed by atoms with E-state index in [0.717, 1.165) is 10.1 Å². The summed E-state index contributed by atoms with van der Waals surface area (Å²) in [5.41, 5.74) is 2.50. The van der Waals surface area contributed by atoms with Gasteiger partial charge in [0.15, 0.2) is 0 Å². The summed E-state index contributed by atoms with van der Waals surface area (Å²) in [5.74, 6) is -1.43. The fourth-order valence-electron chi connectivity index (χ4n) is 2.73. The van der Waals surface area contributed by atoms with E-state index < -0.39 is 5.97 Å². The second kappa shape index (κ2) is 5.77. The summed E-state index contributed by atoms with van der Waals surface area (Å²) >= 11 is 3.42. The number of carboxylic acids is 1. The zero-order valence-corrected chi connectivity index (χ0v) is 14.1. The van der Waals surface area contributed by atoms with E-state index in [0.29, 0.717) is 16.8 Å². The van der Waals surface area contributed by atoms with E-state index in [1.54, 1.807) is 4.52 Å². The molecule has 0 bridgehead atoms. The van der Waals surface area contributed by atoms with E-state index in [1.807, 2.05) is 26.0 Å². The molecule has 0 unspecified atom stereocenters. The summed E-state index contributed by atoms with van der Waals surface area (Å²) in [6.07, 6.45) is 0. The van der Waals surface area contributed by atoms with Crippen LogP contribution in [-0.4, -0.2) is 20.7 Å². The highest BCUT2D eigenvalue weighted by atomic mass is 79.9. The molecule has 0 saturated heterocycles. The van der Waals surface area contributed by atoms with Gasteiger partial charge in [-0.05, 0) is 63.8 Å². The van der Waals surface area contributed by atoms with Crippen LogP contribution in [0.3, 0.4) is 0 Å². The molecule has 0 aliphatic rings. The van der Waals surface area contributed by atoms with E-state index in [1.165, 1.54) is 24.3 Å². The van der Waals surface area contributed by atoms with Crippen LogP contribution in [0.4, 0.5) is 4.39 Å². The zero-order chi connectivity index (χ0) is 16.7. The largest absolute Gasteiger partial charge is 0.478 e. The molecule has 2 aromatic heterocycles. The van der Waals surface area contributed by atoms with Gasteiger partial charge in [0.1, 0.15) is 16.1 Å². The first-order valence-electron chi connectivity index (χ1n) is 7.10. The number of carboxylic acid groups (broad SMARTS) is 1. The Morgan fingerprint density at radius 3 is 2.43 bits per heavy atom. The van der Waals surface area contributed by atoms with Gasteiger partial charge in [-0.15, -0.1) is 0 Å². The lowest BCUT2D eigenvalue weighted by atomic mass is 9.93. The number of fused-ring (bicyclic) bond motifs is 1. The van der Waals surface area contributed by atoms with E-state index in [-0.39, 0.29) is 17.3 Å². The highest BCUT2D eigenvalue weighted by molar-refractivity contribution is 9.10. The molecule has 0 amide bonds. The quantitative estimate of drug-likeness (QED) is 0.718. The normalized spacial score (nSPS) is 11.3. The fourth-order valence-corrected chi connectivity index (χ4v) is 3.13. The molecule has 0 saturated carbocycles. The molecular weight excluding hydrogens is 363 g/mol. The number of hydrogen-bond donors (Lipinski definition) is 1. The average Bonchev–Trinajstić information content (AvgIpc) is 2.87. The Morgan fingerprint density at radius 1 is 1.22 bits per heavy atom. The number of benzene rings is 1. The number of aromatic nitrogens is 2. The molecule has 1 N–H and O–H groups in total. The topological polar surface area (TPSA) is 54.6 Å². The molecular formula is C17H14BrFN2O2. The van der Waals surface area contributed by atoms with Crippen molar-refractivity contribution in [1.82, 2.24) is 9.61 Å². The van der Waals surface area contributed by atoms with Gasteiger partial charge in [0, 0.05) is 5.56 Å². The Balaban J connectivity index is 2.44. The molecule has 0 spiro atoms. The number of aromatic carboxylic acids is 1. The standard InChI is InChI=1S/C17H14BrFN2O2/c1-9(2)14-12-7-8-13(18)21(12)20-16(15(14)17(22)23)10-3-5-11(19)6-4-10/h3-9H,1-2H3,(H,22,23). The van der Waals surface area contributed by atoms with Gasteiger partial charge in [-0.1, -0.05) is 13.8 Å². The van der Waals surface area contributed by atoms with Crippen molar-refractivity contribution in [2.75, 3.05) is 0 Å². The Hall–Kier alpha value is -2.21. The summed E-state index contributed by atoms with van der Waals surface area (Å²) < 4.78 is 15.6. The van der Waals surface area contributed by atoms with Gasteiger partial charge < -0.3 is 5.11 Å². The molecule has 6 heteroatoms. The summed E-state index contributed by atoms with van der Waals surface area (Å²) in [5, 5.41) is 14.2. The van der Waals surface area contributed by atoms with Crippen molar-refractivity contribution in [2.45, 2.75) is 19.8 Å². The SMILES string of the molecule is CC(C)c1c(C(=O)O)c(-c2ccc(F)cc2)nn2c(Br)ccc12. The van der Waals surface area contributed by atoms with Crippen molar-refractivity contribution in [3.05, 3.63) is 57.9 Å². The summed E-state index contributed by atoms with van der Waals surface area (Å²) in [4.78, 5) is 11.9. The monoisotopic (exact) mass is 376 g/mol. The van der Waals surface area contributed by atoms with Gasteiger partial charge in [0.2, 0.25) is 0 Å². The second-order valence-electron chi connectivity index (χ2n) is 5.56. The van der Waals surface area contributed by atoms with Gasteiger partial charge in [-0.25, -0.2) is 13.7 Å². The maximum atomic E-state index is 13.2. The Bertz CT molecular complexity index is 901. The molecule has 0 atom stereocenters. The zero-order valence-electron chi connectivity index (χ0n) is 12.5. The third-order valence-electron chi connectivity index (χ3n) is 3.70. The van der Waals surface area contributed by atoms with Crippen molar-refractivity contribution in [1.29, 1.82) is 0 Å². The van der Waals surface area contributed by atoms with Crippen molar-refractivity contribution in [3.8, 4) is 11.3 Å². The van der Waals surface area contributed by atoms with E-state index >= 15 is 0 Å².